The lowest BCUT2D eigenvalue weighted by atomic mass is 9.97. The van der Waals surface area contributed by atoms with Crippen LogP contribution in [0, 0.1) is 6.92 Å². The van der Waals surface area contributed by atoms with Gasteiger partial charge in [0.05, 0.1) is 5.69 Å². The first-order chi connectivity index (χ1) is 8.65. The van der Waals surface area contributed by atoms with Crippen LogP contribution in [0.25, 0.3) is 11.1 Å². The highest BCUT2D eigenvalue weighted by Gasteiger charge is 2.11. The largest absolute Gasteiger partial charge is 0.326 e. The van der Waals surface area contributed by atoms with Crippen LogP contribution in [0.3, 0.4) is 0 Å². The molecule has 0 amide bonds. The molecule has 2 rings (SSSR count). The van der Waals surface area contributed by atoms with Gasteiger partial charge in [-0.15, -0.1) is 0 Å². The number of nitrogens with two attached hydrogens (primary N) is 1. The van der Waals surface area contributed by atoms with Crippen LogP contribution in [0.2, 0.25) is 0 Å². The Morgan fingerprint density at radius 1 is 1.28 bits per heavy atom. The number of hydrogen-bond acceptors (Lipinski definition) is 2. The fourth-order valence-electron chi connectivity index (χ4n) is 2.27. The zero-order valence-corrected chi connectivity index (χ0v) is 11.4. The van der Waals surface area contributed by atoms with Crippen molar-refractivity contribution in [2.75, 3.05) is 0 Å². The van der Waals surface area contributed by atoms with E-state index in [1.807, 2.05) is 11.7 Å². The predicted molar refractivity (Wildman–Crippen MR) is 75.3 cm³/mol. The molecule has 0 saturated carbocycles. The van der Waals surface area contributed by atoms with E-state index < -0.39 is 0 Å². The fourth-order valence-corrected chi connectivity index (χ4v) is 2.27. The number of benzene rings is 1. The third kappa shape index (κ3) is 2.46. The second-order valence-electron chi connectivity index (χ2n) is 4.77. The molecule has 0 radical (unpaired) electrons. The highest BCUT2D eigenvalue weighted by molar-refractivity contribution is 5.69. The Morgan fingerprint density at radius 3 is 2.72 bits per heavy atom. The van der Waals surface area contributed by atoms with Gasteiger partial charge in [-0.3, -0.25) is 4.68 Å². The Morgan fingerprint density at radius 2 is 2.06 bits per heavy atom. The van der Waals surface area contributed by atoms with Crippen molar-refractivity contribution >= 4 is 0 Å². The van der Waals surface area contributed by atoms with Gasteiger partial charge in [-0.25, -0.2) is 0 Å². The number of rotatable bonds is 4. The first-order valence-corrected chi connectivity index (χ1v) is 6.48. The molecular formula is C15H21N3. The van der Waals surface area contributed by atoms with E-state index in [4.69, 9.17) is 5.73 Å². The molecule has 0 bridgehead atoms. The second-order valence-corrected chi connectivity index (χ2v) is 4.77. The van der Waals surface area contributed by atoms with Gasteiger partial charge in [0.15, 0.2) is 0 Å². The summed E-state index contributed by atoms with van der Waals surface area (Å²) in [6.07, 6.45) is 4.23. The van der Waals surface area contributed by atoms with Crippen LogP contribution in [-0.4, -0.2) is 9.78 Å². The van der Waals surface area contributed by atoms with Crippen molar-refractivity contribution in [1.29, 1.82) is 0 Å². The Labute approximate surface area is 109 Å². The normalized spacial score (nSPS) is 10.9. The van der Waals surface area contributed by atoms with Crippen LogP contribution < -0.4 is 5.73 Å². The average Bonchev–Trinajstić information content (AvgIpc) is 2.71. The van der Waals surface area contributed by atoms with E-state index >= 15 is 0 Å². The lowest BCUT2D eigenvalue weighted by Gasteiger charge is -2.08. The minimum Gasteiger partial charge on any atom is -0.326 e. The summed E-state index contributed by atoms with van der Waals surface area (Å²) in [5.74, 6) is 0. The second kappa shape index (κ2) is 5.36. The summed E-state index contributed by atoms with van der Waals surface area (Å²) in [7, 11) is 1.98. The molecule has 3 heteroatoms. The summed E-state index contributed by atoms with van der Waals surface area (Å²) in [6, 6.07) is 6.42. The number of aryl methyl sites for hydroxylation is 3. The molecule has 0 fully saturated rings. The zero-order valence-electron chi connectivity index (χ0n) is 11.4. The topological polar surface area (TPSA) is 43.8 Å². The molecule has 0 atom stereocenters. The van der Waals surface area contributed by atoms with Gasteiger partial charge < -0.3 is 5.73 Å². The lowest BCUT2D eigenvalue weighted by Crippen LogP contribution is -1.97. The van der Waals surface area contributed by atoms with Gasteiger partial charge in [-0.05, 0) is 36.1 Å². The van der Waals surface area contributed by atoms with Gasteiger partial charge in [-0.2, -0.15) is 5.10 Å². The van der Waals surface area contributed by atoms with Gasteiger partial charge >= 0.3 is 0 Å². The van der Waals surface area contributed by atoms with Crippen molar-refractivity contribution in [2.45, 2.75) is 33.2 Å². The van der Waals surface area contributed by atoms with Crippen molar-refractivity contribution in [1.82, 2.24) is 9.78 Å². The fraction of sp³-hybridized carbons (Fsp3) is 0.400. The van der Waals surface area contributed by atoms with Crippen LogP contribution in [0.5, 0.6) is 0 Å². The smallest absolute Gasteiger partial charge is 0.0702 e. The lowest BCUT2D eigenvalue weighted by molar-refractivity contribution is 0.733. The van der Waals surface area contributed by atoms with Crippen LogP contribution in [0.15, 0.2) is 24.4 Å². The number of nitrogens with zero attached hydrogens (tertiary/aromatic N) is 2. The first-order valence-electron chi connectivity index (χ1n) is 6.48. The molecule has 3 nitrogen and oxygen atoms in total. The monoisotopic (exact) mass is 243 g/mol. The summed E-state index contributed by atoms with van der Waals surface area (Å²) in [6.45, 7) is 4.90. The maximum Gasteiger partial charge on any atom is 0.0702 e. The Kier molecular flexibility index (Phi) is 3.82. The van der Waals surface area contributed by atoms with Gasteiger partial charge in [0.1, 0.15) is 0 Å². The molecule has 0 aliphatic rings. The number of aromatic nitrogens is 2. The minimum atomic E-state index is 0.580. The molecule has 96 valence electrons. The summed E-state index contributed by atoms with van der Waals surface area (Å²) in [5, 5.41) is 4.56. The van der Waals surface area contributed by atoms with Gasteiger partial charge in [0.25, 0.3) is 0 Å². The molecule has 1 aromatic heterocycles. The Bertz CT molecular complexity index is 541. The average molecular weight is 243 g/mol. The highest BCUT2D eigenvalue weighted by Crippen LogP contribution is 2.28. The van der Waals surface area contributed by atoms with Crippen LogP contribution in [0.4, 0.5) is 0 Å². The van der Waals surface area contributed by atoms with Gasteiger partial charge in [-0.1, -0.05) is 25.5 Å². The maximum absolute atomic E-state index is 5.73. The first kappa shape index (κ1) is 12.8. The summed E-state index contributed by atoms with van der Waals surface area (Å²) < 4.78 is 1.90. The zero-order chi connectivity index (χ0) is 13.1. The van der Waals surface area contributed by atoms with E-state index in [0.29, 0.717) is 6.54 Å². The van der Waals surface area contributed by atoms with Crippen LogP contribution in [-0.2, 0) is 20.0 Å². The molecule has 2 aromatic rings. The summed E-state index contributed by atoms with van der Waals surface area (Å²) in [5.41, 5.74) is 11.9. The quantitative estimate of drug-likeness (QED) is 0.897. The van der Waals surface area contributed by atoms with Crippen LogP contribution in [0.1, 0.15) is 30.2 Å². The molecule has 1 aromatic carbocycles. The molecule has 0 saturated heterocycles. The molecule has 0 aliphatic carbocycles. The van der Waals surface area contributed by atoms with E-state index in [-0.39, 0.29) is 0 Å². The van der Waals surface area contributed by atoms with Gasteiger partial charge in [0, 0.05) is 25.4 Å². The van der Waals surface area contributed by atoms with Crippen LogP contribution >= 0.6 is 0 Å². The standard InChI is InChI=1S/C15H21N3/c1-4-5-15-14(10-18(3)17-15)13-8-12(9-16)7-6-11(13)2/h6-8,10H,4-5,9,16H2,1-3H3. The molecular weight excluding hydrogens is 222 g/mol. The third-order valence-corrected chi connectivity index (χ3v) is 3.22. The van der Waals surface area contributed by atoms with Gasteiger partial charge in [0.2, 0.25) is 0 Å². The minimum absolute atomic E-state index is 0.580. The maximum atomic E-state index is 5.73. The van der Waals surface area contributed by atoms with Crippen molar-refractivity contribution in [3.63, 3.8) is 0 Å². The van der Waals surface area contributed by atoms with E-state index in [9.17, 15) is 0 Å². The Balaban J connectivity index is 2.53. The summed E-state index contributed by atoms with van der Waals surface area (Å²) >= 11 is 0. The molecule has 18 heavy (non-hydrogen) atoms. The van der Waals surface area contributed by atoms with Crippen molar-refractivity contribution < 1.29 is 0 Å². The SMILES string of the molecule is CCCc1nn(C)cc1-c1cc(CN)ccc1C. The molecule has 0 unspecified atom stereocenters. The molecule has 0 spiro atoms. The number of hydrogen-bond donors (Lipinski definition) is 1. The van der Waals surface area contributed by atoms with E-state index in [1.54, 1.807) is 0 Å². The molecule has 1 heterocycles. The third-order valence-electron chi connectivity index (χ3n) is 3.22. The van der Waals surface area contributed by atoms with E-state index in [1.165, 1.54) is 27.9 Å². The molecule has 0 aliphatic heterocycles. The molecule has 2 N–H and O–H groups in total. The predicted octanol–water partition coefficient (Wildman–Crippen LogP) is 2.81. The van der Waals surface area contributed by atoms with Crippen molar-refractivity contribution in [3.05, 3.63) is 41.2 Å². The summed E-state index contributed by atoms with van der Waals surface area (Å²) in [4.78, 5) is 0. The van der Waals surface area contributed by atoms with Crippen molar-refractivity contribution in [3.8, 4) is 11.1 Å². The van der Waals surface area contributed by atoms with Crippen molar-refractivity contribution in [2.24, 2.45) is 12.8 Å². The van der Waals surface area contributed by atoms with E-state index in [2.05, 4.69) is 43.3 Å². The highest BCUT2D eigenvalue weighted by atomic mass is 15.2. The van der Waals surface area contributed by atoms with E-state index in [0.717, 1.165) is 12.8 Å². The Hall–Kier alpha value is -1.61.